The molecule has 1 saturated carbocycles. The molecule has 0 unspecified atom stereocenters. The quantitative estimate of drug-likeness (QED) is 0.587. The third-order valence-corrected chi connectivity index (χ3v) is 2.91. The van der Waals surface area contributed by atoms with Crippen molar-refractivity contribution in [3.8, 4) is 0 Å². The molecule has 1 fully saturated rings. The molecule has 0 aromatic rings. The Bertz CT molecular complexity index is 80.2. The summed E-state index contributed by atoms with van der Waals surface area (Å²) in [6, 6.07) is 0. The van der Waals surface area contributed by atoms with E-state index < -0.39 is 0 Å². The van der Waals surface area contributed by atoms with Crippen molar-refractivity contribution < 1.29 is 11.0 Å². The molecule has 3 heteroatoms. The summed E-state index contributed by atoms with van der Waals surface area (Å²) < 4.78 is 0. The zero-order valence-electron chi connectivity index (χ0n) is 7.14. The van der Waals surface area contributed by atoms with Crippen LogP contribution in [0.1, 0.15) is 32.6 Å². The molecule has 11 heavy (non-hydrogen) atoms. The first-order valence-corrected chi connectivity index (χ1v) is 4.57. The Labute approximate surface area is 74.4 Å². The maximum absolute atomic E-state index is 4.29. The van der Waals surface area contributed by atoms with Crippen LogP contribution < -0.4 is 0 Å². The molecule has 0 aromatic heterocycles. The van der Waals surface area contributed by atoms with Crippen molar-refractivity contribution in [3.05, 3.63) is 0 Å². The lowest BCUT2D eigenvalue weighted by molar-refractivity contribution is 0.312. The molecule has 0 atom stereocenters. The topological polar surface area (TPSA) is 63.0 Å². The van der Waals surface area contributed by atoms with Gasteiger partial charge in [-0.1, -0.05) is 19.8 Å². The monoisotopic (exact) mass is 180 g/mol. The van der Waals surface area contributed by atoms with E-state index in [0.29, 0.717) is 0 Å². The lowest BCUT2D eigenvalue weighted by Gasteiger charge is -2.24. The van der Waals surface area contributed by atoms with E-state index >= 15 is 0 Å². The lowest BCUT2D eigenvalue weighted by atomic mass is 9.84. The first-order valence-electron chi connectivity index (χ1n) is 3.93. The van der Waals surface area contributed by atoms with Crippen LogP contribution in [0.15, 0.2) is 0 Å². The van der Waals surface area contributed by atoms with E-state index in [1.165, 1.54) is 25.7 Å². The molecular weight excluding hydrogens is 160 g/mol. The molecule has 0 aromatic carbocycles. The summed E-state index contributed by atoms with van der Waals surface area (Å²) >= 11 is 4.29. The van der Waals surface area contributed by atoms with Gasteiger partial charge in [0.25, 0.3) is 0 Å². The van der Waals surface area contributed by atoms with Gasteiger partial charge < -0.3 is 11.0 Å². The van der Waals surface area contributed by atoms with E-state index in [9.17, 15) is 0 Å². The molecule has 0 bridgehead atoms. The fourth-order valence-electron chi connectivity index (χ4n) is 1.51. The first-order chi connectivity index (χ1) is 4.33. The molecule has 70 valence electrons. The fourth-order valence-corrected chi connectivity index (χ4v) is 1.88. The molecule has 0 radical (unpaired) electrons. The molecule has 1 aliphatic rings. The summed E-state index contributed by atoms with van der Waals surface area (Å²) in [4.78, 5) is 0. The number of hydrogen-bond donors (Lipinski definition) is 1. The van der Waals surface area contributed by atoms with Crippen molar-refractivity contribution >= 4 is 12.6 Å². The summed E-state index contributed by atoms with van der Waals surface area (Å²) in [5, 5.41) is 0. The number of thiol groups is 1. The molecule has 0 aliphatic heterocycles. The van der Waals surface area contributed by atoms with Gasteiger partial charge in [-0.25, -0.2) is 0 Å². The molecule has 2 nitrogen and oxygen atoms in total. The summed E-state index contributed by atoms with van der Waals surface area (Å²) in [5.74, 6) is 3.03. The van der Waals surface area contributed by atoms with Crippen LogP contribution in [-0.4, -0.2) is 16.7 Å². The Kier molecular flexibility index (Phi) is 8.74. The highest BCUT2D eigenvalue weighted by Crippen LogP contribution is 2.28. The van der Waals surface area contributed by atoms with Gasteiger partial charge >= 0.3 is 0 Å². The average Bonchev–Trinajstić information content (AvgIpc) is 1.90. The largest absolute Gasteiger partial charge is 0.412 e. The standard InChI is InChI=1S/C8H16S.2H2O/c1-7-2-4-8(6-9)5-3-7;;/h7-9H,2-6H2,1H3;2*1H2. The predicted molar refractivity (Wildman–Crippen MR) is 52.2 cm³/mol. The highest BCUT2D eigenvalue weighted by Gasteiger charge is 2.15. The van der Waals surface area contributed by atoms with Crippen LogP contribution in [0.5, 0.6) is 0 Å². The molecule has 0 saturated heterocycles. The van der Waals surface area contributed by atoms with Crippen molar-refractivity contribution in [1.29, 1.82) is 0 Å². The third-order valence-electron chi connectivity index (χ3n) is 2.39. The van der Waals surface area contributed by atoms with Crippen LogP contribution in [0.25, 0.3) is 0 Å². The Morgan fingerprint density at radius 1 is 1.09 bits per heavy atom. The van der Waals surface area contributed by atoms with Gasteiger partial charge in [-0.2, -0.15) is 12.6 Å². The molecule has 1 rings (SSSR count). The summed E-state index contributed by atoms with van der Waals surface area (Å²) in [5.41, 5.74) is 0. The smallest absolute Gasteiger partial charge is 0.00695 e. The Balaban J connectivity index is 0. The van der Waals surface area contributed by atoms with Crippen molar-refractivity contribution in [2.45, 2.75) is 32.6 Å². The van der Waals surface area contributed by atoms with Crippen molar-refractivity contribution in [1.82, 2.24) is 0 Å². The molecule has 0 heterocycles. The Morgan fingerprint density at radius 3 is 1.91 bits per heavy atom. The first kappa shape index (κ1) is 13.8. The zero-order chi connectivity index (χ0) is 6.69. The second kappa shape index (κ2) is 6.95. The third kappa shape index (κ3) is 4.67. The van der Waals surface area contributed by atoms with Crippen molar-refractivity contribution in [2.24, 2.45) is 11.8 Å². The summed E-state index contributed by atoms with van der Waals surface area (Å²) in [7, 11) is 0. The van der Waals surface area contributed by atoms with E-state index in [0.717, 1.165) is 17.6 Å². The minimum absolute atomic E-state index is 0. The zero-order valence-corrected chi connectivity index (χ0v) is 8.03. The highest BCUT2D eigenvalue weighted by atomic mass is 32.1. The van der Waals surface area contributed by atoms with Crippen LogP contribution in [-0.2, 0) is 0 Å². The Hall–Kier alpha value is 0.270. The van der Waals surface area contributed by atoms with Gasteiger partial charge in [-0.3, -0.25) is 0 Å². The van der Waals surface area contributed by atoms with Gasteiger partial charge in [0.15, 0.2) is 0 Å². The van der Waals surface area contributed by atoms with Crippen molar-refractivity contribution in [3.63, 3.8) is 0 Å². The van der Waals surface area contributed by atoms with Crippen LogP contribution in [0, 0.1) is 11.8 Å². The highest BCUT2D eigenvalue weighted by molar-refractivity contribution is 7.80. The summed E-state index contributed by atoms with van der Waals surface area (Å²) in [6.45, 7) is 2.36. The van der Waals surface area contributed by atoms with Crippen LogP contribution >= 0.6 is 12.6 Å². The average molecular weight is 180 g/mol. The van der Waals surface area contributed by atoms with E-state index in [4.69, 9.17) is 0 Å². The molecule has 4 N–H and O–H groups in total. The minimum atomic E-state index is 0. The fraction of sp³-hybridized carbons (Fsp3) is 1.00. The molecular formula is C8H20O2S. The number of rotatable bonds is 1. The maximum atomic E-state index is 4.29. The summed E-state index contributed by atoms with van der Waals surface area (Å²) in [6.07, 6.45) is 5.71. The van der Waals surface area contributed by atoms with Gasteiger partial charge in [-0.15, -0.1) is 0 Å². The normalized spacial score (nSPS) is 30.0. The van der Waals surface area contributed by atoms with E-state index in [1.807, 2.05) is 0 Å². The van der Waals surface area contributed by atoms with Crippen LogP contribution in [0.3, 0.4) is 0 Å². The van der Waals surface area contributed by atoms with Gasteiger partial charge in [0.1, 0.15) is 0 Å². The Morgan fingerprint density at radius 2 is 1.55 bits per heavy atom. The van der Waals surface area contributed by atoms with Crippen molar-refractivity contribution in [2.75, 3.05) is 5.75 Å². The second-order valence-electron chi connectivity index (χ2n) is 3.31. The van der Waals surface area contributed by atoms with Gasteiger partial charge in [0.05, 0.1) is 0 Å². The predicted octanol–water partition coefficient (Wildman–Crippen LogP) is 1.09. The van der Waals surface area contributed by atoms with Gasteiger partial charge in [0.2, 0.25) is 0 Å². The van der Waals surface area contributed by atoms with E-state index in [1.54, 1.807) is 0 Å². The SMILES string of the molecule is CC1CCC(CS)CC1.O.O. The number of hydrogen-bond acceptors (Lipinski definition) is 1. The maximum Gasteiger partial charge on any atom is -0.00695 e. The van der Waals surface area contributed by atoms with Crippen LogP contribution in [0.4, 0.5) is 0 Å². The molecule has 1 aliphatic carbocycles. The lowest BCUT2D eigenvalue weighted by Crippen LogP contribution is -2.12. The van der Waals surface area contributed by atoms with E-state index in [-0.39, 0.29) is 11.0 Å². The second-order valence-corrected chi connectivity index (χ2v) is 3.67. The van der Waals surface area contributed by atoms with E-state index in [2.05, 4.69) is 19.6 Å². The minimum Gasteiger partial charge on any atom is -0.412 e. The molecule has 0 amide bonds. The van der Waals surface area contributed by atoms with Crippen LogP contribution in [0.2, 0.25) is 0 Å². The van der Waals surface area contributed by atoms with Gasteiger partial charge in [0, 0.05) is 0 Å². The van der Waals surface area contributed by atoms with Gasteiger partial charge in [-0.05, 0) is 30.4 Å². The molecule has 0 spiro atoms.